The number of aryl methyl sites for hydroxylation is 1. The zero-order chi connectivity index (χ0) is 9.68. The molecule has 0 unspecified atom stereocenters. The highest BCUT2D eigenvalue weighted by Crippen LogP contribution is 2.02. The first-order valence-electron chi connectivity index (χ1n) is 4.04. The average Bonchev–Trinajstić information content (AvgIpc) is 2.52. The third kappa shape index (κ3) is 2.43. The molecule has 0 aliphatic rings. The van der Waals surface area contributed by atoms with Crippen molar-refractivity contribution >= 4 is 5.97 Å². The van der Waals surface area contributed by atoms with Crippen LogP contribution < -0.4 is 0 Å². The van der Waals surface area contributed by atoms with Crippen molar-refractivity contribution in [3.05, 3.63) is 29.9 Å². The van der Waals surface area contributed by atoms with Crippen LogP contribution >= 0.6 is 0 Å². The van der Waals surface area contributed by atoms with Gasteiger partial charge in [0, 0.05) is 5.69 Å². The Morgan fingerprint density at radius 2 is 2.54 bits per heavy atom. The first kappa shape index (κ1) is 9.51. The van der Waals surface area contributed by atoms with E-state index in [0.717, 1.165) is 5.69 Å². The maximum absolute atomic E-state index is 11.3. The number of H-pyrrole nitrogens is 1. The summed E-state index contributed by atoms with van der Waals surface area (Å²) >= 11 is 0. The molecule has 1 rings (SSSR count). The second kappa shape index (κ2) is 4.45. The molecule has 0 saturated heterocycles. The number of imidazole rings is 1. The molecular formula is C9H12N2O2. The molecular weight excluding hydrogens is 168 g/mol. The first-order valence-corrected chi connectivity index (χ1v) is 4.04. The van der Waals surface area contributed by atoms with Crippen molar-refractivity contribution in [3.63, 3.8) is 0 Å². The standard InChI is InChI=1S/C9H12N2O2/c1-3-4-5-13-9(12)8-7(2)10-6-11-8/h3-4,6H,5H2,1-2H3,(H,10,11)/b4-3+. The number of nitrogens with one attached hydrogen (secondary N) is 1. The van der Waals surface area contributed by atoms with Gasteiger partial charge in [-0.3, -0.25) is 0 Å². The van der Waals surface area contributed by atoms with Crippen LogP contribution in [0.15, 0.2) is 18.5 Å². The van der Waals surface area contributed by atoms with Crippen molar-refractivity contribution in [2.75, 3.05) is 6.61 Å². The SMILES string of the molecule is C/C=C/COC(=O)c1nc[nH]c1C. The molecule has 0 amide bonds. The highest BCUT2D eigenvalue weighted by Gasteiger charge is 2.11. The van der Waals surface area contributed by atoms with E-state index >= 15 is 0 Å². The van der Waals surface area contributed by atoms with Crippen LogP contribution in [-0.4, -0.2) is 22.5 Å². The normalized spacial score (nSPS) is 10.6. The summed E-state index contributed by atoms with van der Waals surface area (Å²) < 4.78 is 4.90. The van der Waals surface area contributed by atoms with E-state index in [9.17, 15) is 4.79 Å². The van der Waals surface area contributed by atoms with Crippen LogP contribution in [0.5, 0.6) is 0 Å². The fourth-order valence-electron chi connectivity index (χ4n) is 0.853. The van der Waals surface area contributed by atoms with E-state index < -0.39 is 5.97 Å². The molecule has 0 atom stereocenters. The molecule has 4 heteroatoms. The fraction of sp³-hybridized carbons (Fsp3) is 0.333. The van der Waals surface area contributed by atoms with Crippen LogP contribution in [0.3, 0.4) is 0 Å². The van der Waals surface area contributed by atoms with Crippen molar-refractivity contribution in [3.8, 4) is 0 Å². The molecule has 0 saturated carbocycles. The maximum Gasteiger partial charge on any atom is 0.359 e. The Balaban J connectivity index is 2.54. The van der Waals surface area contributed by atoms with Gasteiger partial charge in [0.05, 0.1) is 6.33 Å². The van der Waals surface area contributed by atoms with E-state index in [1.54, 1.807) is 13.0 Å². The molecule has 13 heavy (non-hydrogen) atoms. The number of allylic oxidation sites excluding steroid dienone is 1. The summed E-state index contributed by atoms with van der Waals surface area (Å²) in [6.07, 6.45) is 5.06. The molecule has 0 aliphatic heterocycles. The molecule has 4 nitrogen and oxygen atoms in total. The van der Waals surface area contributed by atoms with Crippen LogP contribution in [0.2, 0.25) is 0 Å². The van der Waals surface area contributed by atoms with Gasteiger partial charge in [0.25, 0.3) is 0 Å². The van der Waals surface area contributed by atoms with Crippen molar-refractivity contribution in [2.45, 2.75) is 13.8 Å². The summed E-state index contributed by atoms with van der Waals surface area (Å²) in [4.78, 5) is 17.9. The molecule has 0 bridgehead atoms. The van der Waals surface area contributed by atoms with Crippen LogP contribution in [-0.2, 0) is 4.74 Å². The summed E-state index contributed by atoms with van der Waals surface area (Å²) in [5.74, 6) is -0.392. The van der Waals surface area contributed by atoms with Gasteiger partial charge in [-0.15, -0.1) is 0 Å². The van der Waals surface area contributed by atoms with E-state index in [-0.39, 0.29) is 0 Å². The van der Waals surface area contributed by atoms with Gasteiger partial charge >= 0.3 is 5.97 Å². The number of aromatic nitrogens is 2. The monoisotopic (exact) mass is 180 g/mol. The molecule has 1 aromatic heterocycles. The highest BCUT2D eigenvalue weighted by molar-refractivity contribution is 5.88. The Kier molecular flexibility index (Phi) is 3.25. The van der Waals surface area contributed by atoms with Crippen molar-refractivity contribution < 1.29 is 9.53 Å². The molecule has 0 spiro atoms. The van der Waals surface area contributed by atoms with E-state index in [1.165, 1.54) is 6.33 Å². The Morgan fingerprint density at radius 1 is 1.77 bits per heavy atom. The molecule has 0 aliphatic carbocycles. The van der Waals surface area contributed by atoms with Gasteiger partial charge < -0.3 is 9.72 Å². The second-order valence-corrected chi connectivity index (χ2v) is 2.54. The minimum Gasteiger partial charge on any atom is -0.457 e. The Labute approximate surface area is 76.6 Å². The summed E-state index contributed by atoms with van der Waals surface area (Å²) in [7, 11) is 0. The number of esters is 1. The fourth-order valence-corrected chi connectivity index (χ4v) is 0.853. The molecule has 1 heterocycles. The molecule has 70 valence electrons. The Hall–Kier alpha value is -1.58. The van der Waals surface area contributed by atoms with E-state index in [0.29, 0.717) is 12.3 Å². The topological polar surface area (TPSA) is 55.0 Å². The molecule has 1 aromatic rings. The average molecular weight is 180 g/mol. The zero-order valence-corrected chi connectivity index (χ0v) is 7.70. The number of nitrogens with zero attached hydrogens (tertiary/aromatic N) is 1. The summed E-state index contributed by atoms with van der Waals surface area (Å²) in [6, 6.07) is 0. The lowest BCUT2D eigenvalue weighted by atomic mass is 10.3. The highest BCUT2D eigenvalue weighted by atomic mass is 16.5. The van der Waals surface area contributed by atoms with Gasteiger partial charge in [-0.05, 0) is 13.8 Å². The van der Waals surface area contributed by atoms with E-state index in [2.05, 4.69) is 9.97 Å². The number of aromatic amines is 1. The second-order valence-electron chi connectivity index (χ2n) is 2.54. The zero-order valence-electron chi connectivity index (χ0n) is 7.70. The number of hydrogen-bond donors (Lipinski definition) is 1. The quantitative estimate of drug-likeness (QED) is 0.565. The van der Waals surface area contributed by atoms with Crippen LogP contribution in [0.25, 0.3) is 0 Å². The van der Waals surface area contributed by atoms with Crippen molar-refractivity contribution in [1.82, 2.24) is 9.97 Å². The van der Waals surface area contributed by atoms with Gasteiger partial charge in [0.2, 0.25) is 0 Å². The van der Waals surface area contributed by atoms with Gasteiger partial charge in [0.15, 0.2) is 5.69 Å². The Bertz CT molecular complexity index is 315. The minimum absolute atomic E-state index is 0.293. The van der Waals surface area contributed by atoms with Gasteiger partial charge in [0.1, 0.15) is 6.61 Å². The van der Waals surface area contributed by atoms with Gasteiger partial charge in [-0.2, -0.15) is 0 Å². The predicted molar refractivity (Wildman–Crippen MR) is 48.4 cm³/mol. The number of carbonyl (C=O) groups is 1. The van der Waals surface area contributed by atoms with Gasteiger partial charge in [-0.25, -0.2) is 9.78 Å². The maximum atomic E-state index is 11.3. The van der Waals surface area contributed by atoms with Gasteiger partial charge in [-0.1, -0.05) is 12.2 Å². The number of rotatable bonds is 3. The third-order valence-corrected chi connectivity index (χ3v) is 1.57. The molecule has 0 aromatic carbocycles. The number of ether oxygens (including phenoxy) is 1. The van der Waals surface area contributed by atoms with Crippen molar-refractivity contribution in [1.29, 1.82) is 0 Å². The molecule has 1 N–H and O–H groups in total. The minimum atomic E-state index is -0.392. The van der Waals surface area contributed by atoms with E-state index in [1.807, 2.05) is 13.0 Å². The molecule has 0 fully saturated rings. The summed E-state index contributed by atoms with van der Waals surface area (Å²) in [5, 5.41) is 0. The third-order valence-electron chi connectivity index (χ3n) is 1.57. The summed E-state index contributed by atoms with van der Waals surface area (Å²) in [5.41, 5.74) is 1.08. The number of carbonyl (C=O) groups excluding carboxylic acids is 1. The Morgan fingerprint density at radius 3 is 3.08 bits per heavy atom. The predicted octanol–water partition coefficient (Wildman–Crippen LogP) is 1.45. The lowest BCUT2D eigenvalue weighted by Crippen LogP contribution is -2.07. The lowest BCUT2D eigenvalue weighted by Gasteiger charge is -1.98. The van der Waals surface area contributed by atoms with Crippen LogP contribution in [0, 0.1) is 6.92 Å². The van der Waals surface area contributed by atoms with Crippen molar-refractivity contribution in [2.24, 2.45) is 0 Å². The van der Waals surface area contributed by atoms with Crippen LogP contribution in [0.4, 0.5) is 0 Å². The summed E-state index contributed by atoms with van der Waals surface area (Å²) in [6.45, 7) is 3.94. The largest absolute Gasteiger partial charge is 0.457 e. The number of hydrogen-bond acceptors (Lipinski definition) is 3. The first-order chi connectivity index (χ1) is 6.25. The lowest BCUT2D eigenvalue weighted by molar-refractivity contribution is 0.0542. The molecule has 0 radical (unpaired) electrons. The van der Waals surface area contributed by atoms with E-state index in [4.69, 9.17) is 4.74 Å². The van der Waals surface area contributed by atoms with Crippen LogP contribution in [0.1, 0.15) is 23.1 Å². The smallest absolute Gasteiger partial charge is 0.359 e.